The van der Waals surface area contributed by atoms with Gasteiger partial charge in [0.25, 0.3) is 0 Å². The Labute approximate surface area is 158 Å². The Morgan fingerprint density at radius 1 is 1.26 bits per heavy atom. The number of nitrogens with one attached hydrogen (secondary N) is 1. The van der Waals surface area contributed by atoms with Crippen molar-refractivity contribution in [2.45, 2.75) is 38.3 Å². The molecule has 3 aromatic rings. The van der Waals surface area contributed by atoms with E-state index in [9.17, 15) is 4.79 Å². The van der Waals surface area contributed by atoms with Crippen molar-refractivity contribution >= 4 is 17.2 Å². The van der Waals surface area contributed by atoms with Crippen LogP contribution in [0.25, 0.3) is 5.65 Å². The highest BCUT2D eigenvalue weighted by molar-refractivity contribution is 5.91. The van der Waals surface area contributed by atoms with Crippen LogP contribution in [0.15, 0.2) is 54.9 Å². The molecule has 6 heteroatoms. The second-order valence-electron chi connectivity index (χ2n) is 7.12. The summed E-state index contributed by atoms with van der Waals surface area (Å²) in [7, 11) is 0. The number of amides is 1. The monoisotopic (exact) mass is 364 g/mol. The second kappa shape index (κ2) is 7.80. The fraction of sp³-hybridized carbons (Fsp3) is 0.333. The van der Waals surface area contributed by atoms with Gasteiger partial charge in [0.15, 0.2) is 0 Å². The molecule has 0 spiro atoms. The van der Waals surface area contributed by atoms with E-state index in [-0.39, 0.29) is 11.9 Å². The normalized spacial score (nSPS) is 19.3. The van der Waals surface area contributed by atoms with Crippen LogP contribution in [0.4, 0.5) is 5.69 Å². The van der Waals surface area contributed by atoms with Crippen LogP contribution in [0.5, 0.6) is 5.75 Å². The molecule has 1 fully saturated rings. The minimum absolute atomic E-state index is 0.00912. The van der Waals surface area contributed by atoms with Gasteiger partial charge in [-0.15, -0.1) is 0 Å². The van der Waals surface area contributed by atoms with Gasteiger partial charge < -0.3 is 20.2 Å². The Morgan fingerprint density at radius 2 is 2.19 bits per heavy atom. The maximum atomic E-state index is 12.3. The number of nitrogens with zero attached hydrogens (tertiary/aromatic N) is 2. The first-order chi connectivity index (χ1) is 13.2. The Balaban J connectivity index is 1.35. The maximum absolute atomic E-state index is 12.3. The van der Waals surface area contributed by atoms with Crippen molar-refractivity contribution in [3.63, 3.8) is 0 Å². The lowest BCUT2D eigenvalue weighted by Crippen LogP contribution is -2.28. The highest BCUT2D eigenvalue weighted by Gasteiger charge is 2.26. The van der Waals surface area contributed by atoms with Gasteiger partial charge in [-0.2, -0.15) is 0 Å². The van der Waals surface area contributed by atoms with Gasteiger partial charge in [0.05, 0.1) is 5.69 Å². The molecule has 1 amide bonds. The van der Waals surface area contributed by atoms with Crippen molar-refractivity contribution in [1.29, 1.82) is 0 Å². The van der Waals surface area contributed by atoms with Crippen LogP contribution in [0, 0.1) is 5.92 Å². The average molecular weight is 364 g/mol. The lowest BCUT2D eigenvalue weighted by atomic mass is 10.00. The number of carbonyl (C=O) groups is 1. The number of hydrogen-bond donors (Lipinski definition) is 2. The zero-order valence-corrected chi connectivity index (χ0v) is 15.2. The van der Waals surface area contributed by atoms with Crippen molar-refractivity contribution in [3.05, 3.63) is 60.6 Å². The van der Waals surface area contributed by atoms with Gasteiger partial charge in [-0.1, -0.05) is 18.6 Å². The highest BCUT2D eigenvalue weighted by atomic mass is 16.5. The van der Waals surface area contributed by atoms with E-state index in [1.165, 1.54) is 0 Å². The average Bonchev–Trinajstić information content (AvgIpc) is 3.26. The van der Waals surface area contributed by atoms with E-state index in [0.717, 1.165) is 36.3 Å². The molecule has 4 rings (SSSR count). The molecule has 1 saturated carbocycles. The van der Waals surface area contributed by atoms with Gasteiger partial charge in [0.2, 0.25) is 5.91 Å². The van der Waals surface area contributed by atoms with Gasteiger partial charge in [-0.3, -0.25) is 4.79 Å². The van der Waals surface area contributed by atoms with E-state index in [1.54, 1.807) is 0 Å². The Hall–Kier alpha value is -2.86. The predicted molar refractivity (Wildman–Crippen MR) is 105 cm³/mol. The van der Waals surface area contributed by atoms with Gasteiger partial charge in [-0.05, 0) is 43.0 Å². The van der Waals surface area contributed by atoms with Gasteiger partial charge in [0.1, 0.15) is 18.0 Å². The van der Waals surface area contributed by atoms with E-state index >= 15 is 0 Å². The summed E-state index contributed by atoms with van der Waals surface area (Å²) in [6, 6.07) is 13.5. The molecule has 0 unspecified atom stereocenters. The molecule has 2 heterocycles. The summed E-state index contributed by atoms with van der Waals surface area (Å²) < 4.78 is 7.81. The standard InChI is InChI=1S/C21H24N4O2/c22-19-8-3-5-15(19)11-21(26)24-16-6-4-7-18(12-16)27-14-17-13-25-10-2-1-9-20(25)23-17/h1-2,4,6-7,9-10,12-13,15,19H,3,5,8,11,14,22H2,(H,24,26)/t15-,19+/m0/s1. The summed E-state index contributed by atoms with van der Waals surface area (Å²) >= 11 is 0. The van der Waals surface area contributed by atoms with Crippen LogP contribution < -0.4 is 15.8 Å². The molecular weight excluding hydrogens is 340 g/mol. The van der Waals surface area contributed by atoms with Crippen molar-refractivity contribution in [3.8, 4) is 5.75 Å². The lowest BCUT2D eigenvalue weighted by molar-refractivity contribution is -0.117. The van der Waals surface area contributed by atoms with Crippen molar-refractivity contribution in [2.75, 3.05) is 5.32 Å². The molecule has 1 aromatic carbocycles. The number of anilines is 1. The molecule has 140 valence electrons. The summed E-state index contributed by atoms with van der Waals surface area (Å²) in [5, 5.41) is 2.96. The zero-order valence-electron chi connectivity index (χ0n) is 15.2. The molecule has 2 atom stereocenters. The van der Waals surface area contributed by atoms with Crippen molar-refractivity contribution in [2.24, 2.45) is 11.7 Å². The predicted octanol–water partition coefficient (Wildman–Crippen LogP) is 3.37. The molecule has 1 aliphatic carbocycles. The molecule has 0 radical (unpaired) electrons. The number of nitrogens with two attached hydrogens (primary N) is 1. The third kappa shape index (κ3) is 4.28. The number of aromatic nitrogens is 2. The van der Waals surface area contributed by atoms with Crippen LogP contribution in [0.1, 0.15) is 31.4 Å². The molecule has 0 bridgehead atoms. The topological polar surface area (TPSA) is 81.7 Å². The molecule has 6 nitrogen and oxygen atoms in total. The first kappa shape index (κ1) is 17.5. The van der Waals surface area contributed by atoms with Crippen LogP contribution in [0.2, 0.25) is 0 Å². The first-order valence-electron chi connectivity index (χ1n) is 9.38. The second-order valence-corrected chi connectivity index (χ2v) is 7.12. The molecule has 0 aliphatic heterocycles. The van der Waals surface area contributed by atoms with Crippen LogP contribution in [-0.2, 0) is 11.4 Å². The molecule has 1 aliphatic rings. The SMILES string of the molecule is N[C@@H]1CCC[C@H]1CC(=O)Nc1cccc(OCc2cn3ccccc3n2)c1. The number of benzene rings is 1. The summed E-state index contributed by atoms with van der Waals surface area (Å²) in [6.45, 7) is 0.371. The summed E-state index contributed by atoms with van der Waals surface area (Å²) in [5.74, 6) is 0.997. The van der Waals surface area contributed by atoms with Gasteiger partial charge in [0, 0.05) is 36.6 Å². The van der Waals surface area contributed by atoms with Crippen LogP contribution in [0.3, 0.4) is 0 Å². The van der Waals surface area contributed by atoms with E-state index in [4.69, 9.17) is 10.5 Å². The number of rotatable bonds is 6. The summed E-state index contributed by atoms with van der Waals surface area (Å²) in [6.07, 6.45) is 7.56. The number of pyridine rings is 1. The lowest BCUT2D eigenvalue weighted by Gasteiger charge is -2.15. The zero-order chi connectivity index (χ0) is 18.6. The third-order valence-electron chi connectivity index (χ3n) is 5.08. The minimum Gasteiger partial charge on any atom is -0.487 e. The molecular formula is C21H24N4O2. The number of imidazole rings is 1. The highest BCUT2D eigenvalue weighted by Crippen LogP contribution is 2.27. The fourth-order valence-corrected chi connectivity index (χ4v) is 3.65. The first-order valence-corrected chi connectivity index (χ1v) is 9.38. The number of carbonyl (C=O) groups excluding carboxylic acids is 1. The quantitative estimate of drug-likeness (QED) is 0.703. The Morgan fingerprint density at radius 3 is 3.00 bits per heavy atom. The van der Waals surface area contributed by atoms with E-state index in [1.807, 2.05) is 59.3 Å². The van der Waals surface area contributed by atoms with Crippen molar-refractivity contribution in [1.82, 2.24) is 9.38 Å². The third-order valence-corrected chi connectivity index (χ3v) is 5.08. The maximum Gasteiger partial charge on any atom is 0.224 e. The molecule has 3 N–H and O–H groups in total. The minimum atomic E-state index is 0.00912. The largest absolute Gasteiger partial charge is 0.487 e. The van der Waals surface area contributed by atoms with Crippen molar-refractivity contribution < 1.29 is 9.53 Å². The smallest absolute Gasteiger partial charge is 0.224 e. The molecule has 2 aromatic heterocycles. The number of fused-ring (bicyclic) bond motifs is 1. The number of ether oxygens (including phenoxy) is 1. The van der Waals surface area contributed by atoms with E-state index in [0.29, 0.717) is 24.7 Å². The summed E-state index contributed by atoms with van der Waals surface area (Å²) in [5.41, 5.74) is 8.54. The summed E-state index contributed by atoms with van der Waals surface area (Å²) in [4.78, 5) is 16.8. The fourth-order valence-electron chi connectivity index (χ4n) is 3.65. The van der Waals surface area contributed by atoms with Gasteiger partial charge >= 0.3 is 0 Å². The Kier molecular flexibility index (Phi) is 5.07. The van der Waals surface area contributed by atoms with Gasteiger partial charge in [-0.25, -0.2) is 4.98 Å². The van der Waals surface area contributed by atoms with E-state index < -0.39 is 0 Å². The Bertz CT molecular complexity index is 904. The molecule has 27 heavy (non-hydrogen) atoms. The number of hydrogen-bond acceptors (Lipinski definition) is 4. The van der Waals surface area contributed by atoms with Crippen LogP contribution >= 0.6 is 0 Å². The van der Waals surface area contributed by atoms with Crippen LogP contribution in [-0.4, -0.2) is 21.3 Å². The van der Waals surface area contributed by atoms with E-state index in [2.05, 4.69) is 10.3 Å². The molecule has 0 saturated heterocycles.